The van der Waals surface area contributed by atoms with Crippen LogP contribution in [-0.2, 0) is 4.29 Å². The summed E-state index contributed by atoms with van der Waals surface area (Å²) in [6.07, 6.45) is 1.47. The highest BCUT2D eigenvalue weighted by atomic mass is 35.5. The third kappa shape index (κ3) is 100. The molecule has 0 N–H and O–H groups in total. The Hall–Kier alpha value is 0.540. The van der Waals surface area contributed by atoms with Gasteiger partial charge in [-0.3, -0.25) is 4.29 Å². The van der Waals surface area contributed by atoms with E-state index in [-0.39, 0.29) is 0 Å². The summed E-state index contributed by atoms with van der Waals surface area (Å²) in [6, 6.07) is 0. The maximum Gasteiger partial charge on any atom is 0.0606 e. The van der Waals surface area contributed by atoms with Gasteiger partial charge in [-0.1, -0.05) is 0 Å². The van der Waals surface area contributed by atoms with Crippen LogP contribution in [0.3, 0.4) is 0 Å². The van der Waals surface area contributed by atoms with Crippen LogP contribution < -0.4 is 0 Å². The number of hydrogen-bond donors (Lipinski definition) is 0. The molecule has 34 valence electrons. The van der Waals surface area contributed by atoms with Gasteiger partial charge in [-0.05, 0) is 0 Å². The van der Waals surface area contributed by atoms with Crippen LogP contribution in [-0.4, -0.2) is 13.5 Å². The molecule has 1 nitrogen and oxygen atoms in total. The van der Waals surface area contributed by atoms with Crippen molar-refractivity contribution in [3.63, 3.8) is 0 Å². The van der Waals surface area contributed by atoms with Crippen molar-refractivity contribution in [1.29, 1.82) is 0 Å². The van der Waals surface area contributed by atoms with E-state index in [0.29, 0.717) is 0 Å². The molecule has 0 rings (SSSR count). The van der Waals surface area contributed by atoms with Crippen molar-refractivity contribution in [2.45, 2.75) is 0 Å². The molecule has 0 fully saturated rings. The van der Waals surface area contributed by atoms with Crippen LogP contribution in [0, 0.1) is 0 Å². The van der Waals surface area contributed by atoms with E-state index in [1.165, 1.54) is 13.5 Å². The lowest BCUT2D eigenvalue weighted by molar-refractivity contribution is 0.463. The van der Waals surface area contributed by atoms with E-state index in [1.54, 1.807) is 0 Å². The van der Waals surface area contributed by atoms with Gasteiger partial charge in [0, 0.05) is 6.38 Å². The first-order chi connectivity index (χ1) is 2.41. The molecule has 0 spiro atoms. The molecule has 0 unspecified atom stereocenters. The fourth-order valence-electron chi connectivity index (χ4n) is 0. The van der Waals surface area contributed by atoms with Gasteiger partial charge in [-0.15, -0.1) is 11.6 Å². The van der Waals surface area contributed by atoms with Crippen LogP contribution in [0.25, 0.3) is 0 Å². The summed E-state index contributed by atoms with van der Waals surface area (Å²) in [5.41, 5.74) is 0. The van der Waals surface area contributed by atoms with E-state index >= 15 is 0 Å². The molecule has 0 aliphatic carbocycles. The Morgan fingerprint density at radius 2 is 1.40 bits per heavy atom. The first-order valence-corrected chi connectivity index (χ1v) is 2.01. The fourth-order valence-corrected chi connectivity index (χ4v) is 0. The minimum atomic E-state index is 1.39. The van der Waals surface area contributed by atoms with Crippen LogP contribution in [0.2, 0.25) is 0 Å². The Morgan fingerprint density at radius 3 is 1.40 bits per heavy atom. The van der Waals surface area contributed by atoms with Gasteiger partial charge in [0.1, 0.15) is 0 Å². The predicted octanol–water partition coefficient (Wildman–Crippen LogP) is 1.64. The molecular weight excluding hydrogens is 111 g/mol. The summed E-state index contributed by atoms with van der Waals surface area (Å²) in [5, 5.41) is 0. The molecule has 0 saturated carbocycles. The van der Waals surface area contributed by atoms with E-state index in [0.717, 1.165) is 0 Å². The van der Waals surface area contributed by atoms with E-state index in [9.17, 15) is 0 Å². The highest BCUT2D eigenvalue weighted by molar-refractivity contribution is 6.15. The third-order valence-corrected chi connectivity index (χ3v) is 0. The number of alkyl halides is 1. The maximum atomic E-state index is 4.64. The second-order valence-corrected chi connectivity index (χ2v) is 0.463. The van der Waals surface area contributed by atoms with Crippen LogP contribution in [0.15, 0.2) is 0 Å². The highest BCUT2D eigenvalue weighted by Gasteiger charge is 1.31. The lowest BCUT2D eigenvalue weighted by Crippen LogP contribution is -1.39. The second-order valence-electron chi connectivity index (χ2n) is 0.154. The lowest BCUT2D eigenvalue weighted by Gasteiger charge is -1.54. The zero-order valence-corrected chi connectivity index (χ0v) is 4.68. The molecule has 0 aromatic carbocycles. The number of hydrogen-bond acceptors (Lipinski definition) is 1. The lowest BCUT2D eigenvalue weighted by atomic mass is 11.8. The van der Waals surface area contributed by atoms with Gasteiger partial charge in [-0.25, -0.2) is 0 Å². The summed E-state index contributed by atoms with van der Waals surface area (Å²) in [6.45, 7) is 0. The van der Waals surface area contributed by atoms with Crippen molar-refractivity contribution in [2.75, 3.05) is 13.5 Å². The van der Waals surface area contributed by atoms with Gasteiger partial charge in [0.05, 0.1) is 19.0 Å². The molecule has 0 bridgehead atoms. The van der Waals surface area contributed by atoms with Gasteiger partial charge in [-0.2, -0.15) is 0 Å². The molecule has 0 aliphatic rings. The Morgan fingerprint density at radius 1 is 1.40 bits per heavy atom. The maximum absolute atomic E-state index is 4.64. The molecule has 0 heterocycles. The van der Waals surface area contributed by atoms with Crippen LogP contribution in [0.4, 0.5) is 0 Å². The van der Waals surface area contributed by atoms with Crippen molar-refractivity contribution < 1.29 is 4.29 Å². The molecule has 3 heteroatoms. The Balaban J connectivity index is 0. The van der Waals surface area contributed by atoms with Crippen molar-refractivity contribution in [3.05, 3.63) is 0 Å². The topological polar surface area (TPSA) is 9.23 Å². The first kappa shape index (κ1) is 9.11. The third-order valence-electron chi connectivity index (χ3n) is 0. The Kier molecular flexibility index (Phi) is 43.7. The van der Waals surface area contributed by atoms with E-state index in [1.807, 2.05) is 0 Å². The summed E-state index contributed by atoms with van der Waals surface area (Å²) >= 11 is 9.14. The molecule has 0 radical (unpaired) electrons. The van der Waals surface area contributed by atoms with Crippen molar-refractivity contribution >= 4 is 23.5 Å². The number of halogens is 2. The first-order valence-electron chi connectivity index (χ1n) is 0.941. The van der Waals surface area contributed by atoms with Crippen LogP contribution in [0.5, 0.6) is 0 Å². The second kappa shape index (κ2) is 24.0. The standard InChI is InChI=1S/CH3ClO.CH3Cl/c1-3-2;1-2/h1H3;1H3. The molecule has 0 aromatic heterocycles. The highest BCUT2D eigenvalue weighted by Crippen LogP contribution is 1.59. The summed E-state index contributed by atoms with van der Waals surface area (Å²) in [5.74, 6) is 0. The summed E-state index contributed by atoms with van der Waals surface area (Å²) < 4.78 is 3.72. The largest absolute Gasteiger partial charge is 0.283 e. The minimum absolute atomic E-state index is 1.39. The predicted molar refractivity (Wildman–Crippen MR) is 24.6 cm³/mol. The molecule has 0 atom stereocenters. The molecule has 5 heavy (non-hydrogen) atoms. The average Bonchev–Trinajstić information content (AvgIpc) is 1.46. The molecule has 0 saturated heterocycles. The Bertz CT molecular complexity index is 7.61. The van der Waals surface area contributed by atoms with Gasteiger partial charge < -0.3 is 0 Å². The summed E-state index contributed by atoms with van der Waals surface area (Å²) in [7, 11) is 1.39. The van der Waals surface area contributed by atoms with Crippen molar-refractivity contribution in [3.8, 4) is 0 Å². The zero-order valence-electron chi connectivity index (χ0n) is 3.16. The van der Waals surface area contributed by atoms with E-state index < -0.39 is 0 Å². The quantitative estimate of drug-likeness (QED) is 0.438. The summed E-state index contributed by atoms with van der Waals surface area (Å²) in [4.78, 5) is 0. The van der Waals surface area contributed by atoms with Crippen molar-refractivity contribution in [2.24, 2.45) is 0 Å². The molecule has 0 aromatic rings. The monoisotopic (exact) mass is 116 g/mol. The van der Waals surface area contributed by atoms with Gasteiger partial charge in [0.15, 0.2) is 0 Å². The minimum Gasteiger partial charge on any atom is -0.283 e. The molecular formula is C2H6Cl2O. The number of rotatable bonds is 0. The molecule has 0 aliphatic heterocycles. The Labute approximate surface area is 42.0 Å². The smallest absolute Gasteiger partial charge is 0.0606 e. The fraction of sp³-hybridized carbons (Fsp3) is 1.00. The van der Waals surface area contributed by atoms with E-state index in [2.05, 4.69) is 27.8 Å². The average molecular weight is 117 g/mol. The molecule has 0 amide bonds. The van der Waals surface area contributed by atoms with Gasteiger partial charge in [0.25, 0.3) is 0 Å². The normalized spacial score (nSPS) is 4.80. The van der Waals surface area contributed by atoms with Gasteiger partial charge >= 0.3 is 0 Å². The van der Waals surface area contributed by atoms with E-state index in [4.69, 9.17) is 0 Å². The van der Waals surface area contributed by atoms with Crippen molar-refractivity contribution in [1.82, 2.24) is 0 Å². The SMILES string of the molecule is CCl.COCl. The van der Waals surface area contributed by atoms with Crippen LogP contribution in [0.1, 0.15) is 0 Å². The zero-order chi connectivity index (χ0) is 4.71. The van der Waals surface area contributed by atoms with Crippen LogP contribution >= 0.6 is 23.5 Å². The van der Waals surface area contributed by atoms with Gasteiger partial charge in [0.2, 0.25) is 0 Å².